The summed E-state index contributed by atoms with van der Waals surface area (Å²) in [5.41, 5.74) is 0. The summed E-state index contributed by atoms with van der Waals surface area (Å²) >= 11 is 0. The molecule has 0 aliphatic heterocycles. The summed E-state index contributed by atoms with van der Waals surface area (Å²) in [7, 11) is 0. The fraction of sp³-hybridized carbons (Fsp3) is 0.880. The highest BCUT2D eigenvalue weighted by molar-refractivity contribution is 5.76. The highest BCUT2D eigenvalue weighted by Crippen LogP contribution is 2.15. The maximum atomic E-state index is 12.4. The Labute approximate surface area is 348 Å². The van der Waals surface area contributed by atoms with Crippen LogP contribution < -0.4 is 5.32 Å². The number of hydrogen-bond donors (Lipinski definition) is 3. The van der Waals surface area contributed by atoms with E-state index in [1.807, 2.05) is 0 Å². The topological polar surface area (TPSA) is 95.9 Å². The van der Waals surface area contributed by atoms with Gasteiger partial charge >= 0.3 is 5.97 Å². The predicted molar refractivity (Wildman–Crippen MR) is 241 cm³/mol. The first kappa shape index (κ1) is 54.3. The molecule has 0 aliphatic carbocycles. The molecule has 0 heterocycles. The van der Waals surface area contributed by atoms with Gasteiger partial charge in [0.1, 0.15) is 0 Å². The van der Waals surface area contributed by atoms with Crippen molar-refractivity contribution >= 4 is 11.9 Å². The number of esters is 1. The van der Waals surface area contributed by atoms with Gasteiger partial charge in [-0.05, 0) is 77.0 Å². The average molecular weight is 790 g/mol. The Balaban J connectivity index is 3.51. The Morgan fingerprint density at radius 2 is 0.839 bits per heavy atom. The first-order valence-corrected chi connectivity index (χ1v) is 24.6. The fourth-order valence-corrected chi connectivity index (χ4v) is 7.39. The third-order valence-corrected chi connectivity index (χ3v) is 11.2. The average Bonchev–Trinajstić information content (AvgIpc) is 3.20. The van der Waals surface area contributed by atoms with Gasteiger partial charge in [-0.3, -0.25) is 9.59 Å². The zero-order chi connectivity index (χ0) is 40.8. The second-order valence-electron chi connectivity index (χ2n) is 16.8. The van der Waals surface area contributed by atoms with Gasteiger partial charge in [0, 0.05) is 12.8 Å². The summed E-state index contributed by atoms with van der Waals surface area (Å²) in [5, 5.41) is 23.1. The first-order valence-electron chi connectivity index (χ1n) is 24.6. The molecular weight excluding hydrogens is 695 g/mol. The van der Waals surface area contributed by atoms with Crippen LogP contribution in [-0.4, -0.2) is 47.4 Å². The monoisotopic (exact) mass is 790 g/mol. The van der Waals surface area contributed by atoms with Crippen LogP contribution in [0.5, 0.6) is 0 Å². The number of ether oxygens (including phenoxy) is 1. The predicted octanol–water partition coefficient (Wildman–Crippen LogP) is 14.3. The lowest BCUT2D eigenvalue weighted by Gasteiger charge is -2.22. The molecule has 0 saturated heterocycles. The van der Waals surface area contributed by atoms with E-state index in [1.54, 1.807) is 0 Å². The van der Waals surface area contributed by atoms with Crippen LogP contribution in [0.4, 0.5) is 0 Å². The van der Waals surface area contributed by atoms with E-state index in [-0.39, 0.29) is 18.5 Å². The molecule has 0 saturated carbocycles. The highest BCUT2D eigenvalue weighted by Gasteiger charge is 2.20. The van der Waals surface area contributed by atoms with E-state index in [2.05, 4.69) is 43.5 Å². The van der Waals surface area contributed by atoms with Crippen molar-refractivity contribution in [3.05, 3.63) is 24.3 Å². The van der Waals surface area contributed by atoms with Crippen molar-refractivity contribution in [2.24, 2.45) is 0 Å². The van der Waals surface area contributed by atoms with Crippen LogP contribution >= 0.6 is 0 Å². The largest absolute Gasteiger partial charge is 0.466 e. The van der Waals surface area contributed by atoms with E-state index in [4.69, 9.17) is 4.74 Å². The van der Waals surface area contributed by atoms with Crippen LogP contribution in [0.3, 0.4) is 0 Å². The van der Waals surface area contributed by atoms with Gasteiger partial charge in [0.15, 0.2) is 0 Å². The highest BCUT2D eigenvalue weighted by atomic mass is 16.5. The van der Waals surface area contributed by atoms with Crippen LogP contribution in [0, 0.1) is 0 Å². The number of hydrogen-bond acceptors (Lipinski definition) is 5. The van der Waals surface area contributed by atoms with Gasteiger partial charge in [0.25, 0.3) is 0 Å². The van der Waals surface area contributed by atoms with E-state index in [9.17, 15) is 19.8 Å². The number of unbranched alkanes of at least 4 members (excludes halogenated alkanes) is 30. The molecule has 0 aliphatic rings. The Bertz CT molecular complexity index is 874. The Kier molecular flexibility index (Phi) is 44.7. The minimum Gasteiger partial charge on any atom is -0.466 e. The zero-order valence-electron chi connectivity index (χ0n) is 37.4. The molecule has 330 valence electrons. The molecule has 6 nitrogen and oxygen atoms in total. The second kappa shape index (κ2) is 46.0. The lowest BCUT2D eigenvalue weighted by molar-refractivity contribution is -0.143. The van der Waals surface area contributed by atoms with Crippen molar-refractivity contribution in [3.8, 4) is 0 Å². The molecule has 3 N–H and O–H groups in total. The summed E-state index contributed by atoms with van der Waals surface area (Å²) in [4.78, 5) is 24.4. The Morgan fingerprint density at radius 1 is 0.482 bits per heavy atom. The summed E-state index contributed by atoms with van der Waals surface area (Å²) in [5.74, 6) is -0.113. The van der Waals surface area contributed by atoms with Crippen LogP contribution in [0.2, 0.25) is 0 Å². The molecule has 0 bridgehead atoms. The van der Waals surface area contributed by atoms with Crippen molar-refractivity contribution < 1.29 is 24.5 Å². The molecule has 0 fully saturated rings. The molecule has 0 spiro atoms. The molecule has 2 atom stereocenters. The number of aliphatic hydroxyl groups is 2. The molecule has 2 unspecified atom stereocenters. The minimum atomic E-state index is -0.684. The Morgan fingerprint density at radius 3 is 1.27 bits per heavy atom. The summed E-state index contributed by atoms with van der Waals surface area (Å²) < 4.78 is 5.43. The number of carbonyl (C=O) groups excluding carboxylic acids is 2. The van der Waals surface area contributed by atoms with Gasteiger partial charge in [0.05, 0.1) is 25.4 Å². The van der Waals surface area contributed by atoms with Gasteiger partial charge in [-0.15, -0.1) is 0 Å². The van der Waals surface area contributed by atoms with Crippen molar-refractivity contribution in [1.29, 1.82) is 0 Å². The molecule has 0 aromatic heterocycles. The smallest absolute Gasteiger partial charge is 0.305 e. The number of amides is 1. The van der Waals surface area contributed by atoms with E-state index in [1.165, 1.54) is 148 Å². The van der Waals surface area contributed by atoms with Gasteiger partial charge in [0.2, 0.25) is 5.91 Å². The number of allylic oxidation sites excluding steroid dienone is 4. The quantitative estimate of drug-likeness (QED) is 0.0324. The molecule has 1 amide bonds. The molecular formula is C50H95NO5. The molecule has 0 radical (unpaired) electrons. The molecule has 0 aromatic carbocycles. The van der Waals surface area contributed by atoms with E-state index < -0.39 is 12.1 Å². The normalized spacial score (nSPS) is 12.9. The van der Waals surface area contributed by atoms with Crippen LogP contribution in [0.25, 0.3) is 0 Å². The first-order chi connectivity index (χ1) is 27.5. The molecule has 0 aromatic rings. The second-order valence-corrected chi connectivity index (χ2v) is 16.8. The van der Waals surface area contributed by atoms with Gasteiger partial charge in [-0.1, -0.05) is 192 Å². The third kappa shape index (κ3) is 42.0. The third-order valence-electron chi connectivity index (χ3n) is 11.2. The van der Waals surface area contributed by atoms with Crippen LogP contribution in [0.1, 0.15) is 258 Å². The number of rotatable bonds is 45. The van der Waals surface area contributed by atoms with Gasteiger partial charge in [-0.2, -0.15) is 0 Å². The summed E-state index contributed by atoms with van der Waals surface area (Å²) in [6, 6.07) is -0.565. The number of carbonyl (C=O) groups is 2. The molecule has 0 rings (SSSR count). The molecule has 56 heavy (non-hydrogen) atoms. The summed E-state index contributed by atoms with van der Waals surface area (Å²) in [6.45, 7) is 4.84. The lowest BCUT2D eigenvalue weighted by atomic mass is 10.0. The van der Waals surface area contributed by atoms with Crippen molar-refractivity contribution in [2.45, 2.75) is 270 Å². The van der Waals surface area contributed by atoms with Gasteiger partial charge in [-0.25, -0.2) is 0 Å². The number of aliphatic hydroxyl groups excluding tert-OH is 2. The maximum Gasteiger partial charge on any atom is 0.305 e. The zero-order valence-corrected chi connectivity index (χ0v) is 37.4. The van der Waals surface area contributed by atoms with E-state index in [0.717, 1.165) is 77.0 Å². The maximum absolute atomic E-state index is 12.4. The minimum absolute atomic E-state index is 0.0399. The molecule has 6 heteroatoms. The van der Waals surface area contributed by atoms with Crippen molar-refractivity contribution in [1.82, 2.24) is 5.32 Å². The van der Waals surface area contributed by atoms with Gasteiger partial charge < -0.3 is 20.3 Å². The number of nitrogens with one attached hydrogen (secondary N) is 1. The van der Waals surface area contributed by atoms with E-state index >= 15 is 0 Å². The standard InChI is InChI=1S/C50H95NO5/c1-3-5-7-9-11-13-15-16-17-18-19-20-21-23-28-32-36-40-44-50(55)56-45-41-37-33-29-25-24-27-31-35-39-43-49(54)51-47(46-52)48(53)42-38-34-30-26-22-14-12-10-8-6-4-2/h17-18,25,29,47-48,52-53H,3-16,19-24,26-28,30-46H2,1-2H3,(H,51,54)/b18-17-,29-25-. The fourth-order valence-electron chi connectivity index (χ4n) is 7.39. The van der Waals surface area contributed by atoms with E-state index in [0.29, 0.717) is 25.9 Å². The summed E-state index contributed by atoms with van der Waals surface area (Å²) in [6.07, 6.45) is 52.9. The lowest BCUT2D eigenvalue weighted by Crippen LogP contribution is -2.45. The van der Waals surface area contributed by atoms with Crippen LogP contribution in [-0.2, 0) is 14.3 Å². The van der Waals surface area contributed by atoms with Crippen LogP contribution in [0.15, 0.2) is 24.3 Å². The van der Waals surface area contributed by atoms with Crippen molar-refractivity contribution in [3.63, 3.8) is 0 Å². The SMILES string of the molecule is CCCCCCCCC/C=C\CCCCCCCCCC(=O)OCCCC/C=C\CCCCCCC(=O)NC(CO)C(O)CCCCCCCCCCCCC. The Hall–Kier alpha value is -1.66. The van der Waals surface area contributed by atoms with Crippen molar-refractivity contribution in [2.75, 3.05) is 13.2 Å².